The lowest BCUT2D eigenvalue weighted by Gasteiger charge is -2.28. The lowest BCUT2D eigenvalue weighted by Crippen LogP contribution is -2.33. The zero-order valence-corrected chi connectivity index (χ0v) is 20.9. The van der Waals surface area contributed by atoms with Crippen molar-refractivity contribution in [3.63, 3.8) is 0 Å². The van der Waals surface area contributed by atoms with Gasteiger partial charge in [0.2, 0.25) is 5.91 Å². The smallest absolute Gasteiger partial charge is 0.308 e. The van der Waals surface area contributed by atoms with Gasteiger partial charge in [0.05, 0.1) is 24.6 Å². The van der Waals surface area contributed by atoms with Crippen LogP contribution < -0.4 is 5.32 Å². The summed E-state index contributed by atoms with van der Waals surface area (Å²) in [7, 11) is 0. The molecule has 0 bridgehead atoms. The van der Waals surface area contributed by atoms with Gasteiger partial charge in [-0.3, -0.25) is 14.6 Å². The Morgan fingerprint density at radius 1 is 1.25 bits per heavy atom. The quantitative estimate of drug-likeness (QED) is 0.435. The van der Waals surface area contributed by atoms with Crippen molar-refractivity contribution in [2.24, 2.45) is 5.92 Å². The molecule has 2 atom stereocenters. The summed E-state index contributed by atoms with van der Waals surface area (Å²) in [6, 6.07) is 13.9. The van der Waals surface area contributed by atoms with Crippen LogP contribution in [-0.2, 0) is 27.2 Å². The molecule has 4 heterocycles. The maximum Gasteiger partial charge on any atom is 0.308 e. The number of aryl methyl sites for hydroxylation is 2. The number of carbonyl (C=O) groups is 2. The molecule has 0 radical (unpaired) electrons. The number of nitrogens with one attached hydrogen (secondary N) is 1. The number of benzene rings is 1. The molecular weight excluding hydrogens is 452 g/mol. The molecule has 7 nitrogen and oxygen atoms in total. The van der Waals surface area contributed by atoms with Crippen molar-refractivity contribution in [2.45, 2.75) is 57.9 Å². The number of anilines is 1. The van der Waals surface area contributed by atoms with Gasteiger partial charge in [-0.25, -0.2) is 4.98 Å². The fourth-order valence-electron chi connectivity index (χ4n) is 5.43. The van der Waals surface area contributed by atoms with E-state index in [0.29, 0.717) is 13.2 Å². The van der Waals surface area contributed by atoms with Crippen LogP contribution in [0.2, 0.25) is 0 Å². The molecule has 2 aromatic heterocycles. The number of ether oxygens (including phenoxy) is 1. The number of para-hydroxylation sites is 1. The second kappa shape index (κ2) is 11.1. The highest BCUT2D eigenvalue weighted by Crippen LogP contribution is 2.34. The first-order valence-electron chi connectivity index (χ1n) is 13.2. The van der Waals surface area contributed by atoms with Crippen LogP contribution in [0.1, 0.15) is 61.9 Å². The Hall–Kier alpha value is -3.48. The minimum absolute atomic E-state index is 0.0288. The van der Waals surface area contributed by atoms with E-state index >= 15 is 0 Å². The van der Waals surface area contributed by atoms with Gasteiger partial charge in [0.1, 0.15) is 5.82 Å². The van der Waals surface area contributed by atoms with E-state index in [1.807, 2.05) is 35.2 Å². The number of nitrogens with zero attached hydrogens (tertiary/aromatic N) is 3. The molecule has 5 rings (SSSR count). The van der Waals surface area contributed by atoms with Gasteiger partial charge in [0, 0.05) is 36.3 Å². The topological polar surface area (TPSA) is 84.4 Å². The Bertz CT molecular complexity index is 1240. The Labute approximate surface area is 212 Å². The Kier molecular flexibility index (Phi) is 7.44. The van der Waals surface area contributed by atoms with E-state index in [1.165, 1.54) is 5.56 Å². The third-order valence-corrected chi connectivity index (χ3v) is 7.33. The van der Waals surface area contributed by atoms with Crippen molar-refractivity contribution in [1.29, 1.82) is 0 Å². The second-order valence-electron chi connectivity index (χ2n) is 9.74. The molecule has 36 heavy (non-hydrogen) atoms. The van der Waals surface area contributed by atoms with E-state index in [-0.39, 0.29) is 30.3 Å². The number of amides is 1. The number of likely N-dealkylation sites (tertiary alicyclic amines) is 1. The highest BCUT2D eigenvalue weighted by atomic mass is 16.5. The third kappa shape index (κ3) is 5.35. The van der Waals surface area contributed by atoms with Gasteiger partial charge in [-0.1, -0.05) is 24.3 Å². The summed E-state index contributed by atoms with van der Waals surface area (Å²) in [6.45, 7) is 3.75. The highest BCUT2D eigenvalue weighted by molar-refractivity contribution is 5.83. The van der Waals surface area contributed by atoms with E-state index in [1.54, 1.807) is 13.1 Å². The Morgan fingerprint density at radius 2 is 2.14 bits per heavy atom. The van der Waals surface area contributed by atoms with Crippen LogP contribution in [0.25, 0.3) is 10.9 Å². The van der Waals surface area contributed by atoms with Crippen molar-refractivity contribution in [3.8, 4) is 0 Å². The molecule has 1 aromatic carbocycles. The fourth-order valence-corrected chi connectivity index (χ4v) is 5.43. The maximum absolute atomic E-state index is 13.5. The average Bonchev–Trinajstić information content (AvgIpc) is 3.27. The van der Waals surface area contributed by atoms with Crippen LogP contribution in [0.15, 0.2) is 48.7 Å². The van der Waals surface area contributed by atoms with Gasteiger partial charge in [0.15, 0.2) is 0 Å². The first kappa shape index (κ1) is 24.2. The zero-order valence-electron chi connectivity index (χ0n) is 20.9. The van der Waals surface area contributed by atoms with Crippen LogP contribution in [0.3, 0.4) is 0 Å². The van der Waals surface area contributed by atoms with Crippen molar-refractivity contribution >= 4 is 28.6 Å². The number of hydrogen-bond acceptors (Lipinski definition) is 6. The first-order valence-corrected chi connectivity index (χ1v) is 13.2. The SMILES string of the molecule is CCOC(=O)CC(c1cnc2ccccc2c1)N1CCC(CCCc2ccc3c(n2)NCCC3)C1=O. The molecular formula is C29H34N4O3. The number of aromatic nitrogens is 2. The van der Waals surface area contributed by atoms with Crippen molar-refractivity contribution in [3.05, 3.63) is 65.5 Å². The summed E-state index contributed by atoms with van der Waals surface area (Å²) < 4.78 is 5.25. The largest absolute Gasteiger partial charge is 0.466 e. The minimum Gasteiger partial charge on any atom is -0.466 e. The van der Waals surface area contributed by atoms with Gasteiger partial charge in [0.25, 0.3) is 0 Å². The maximum atomic E-state index is 13.5. The molecule has 1 N–H and O–H groups in total. The second-order valence-corrected chi connectivity index (χ2v) is 9.74. The van der Waals surface area contributed by atoms with E-state index in [0.717, 1.165) is 73.0 Å². The summed E-state index contributed by atoms with van der Waals surface area (Å²) >= 11 is 0. The Morgan fingerprint density at radius 3 is 3.03 bits per heavy atom. The van der Waals surface area contributed by atoms with E-state index < -0.39 is 0 Å². The van der Waals surface area contributed by atoms with Crippen LogP contribution in [0.4, 0.5) is 5.82 Å². The predicted molar refractivity (Wildman–Crippen MR) is 140 cm³/mol. The standard InChI is InChI=1S/C29H34N4O3/c1-2-36-27(34)18-26(23-17-22-7-3-4-11-25(22)31-19-23)33-16-14-21(29(33)35)8-5-10-24-13-12-20-9-6-15-30-28(20)32-24/h3-4,7,11-13,17,19,21,26H,2,5-6,8-10,14-16,18H2,1H3,(H,30,32). The number of rotatable bonds is 9. The van der Waals surface area contributed by atoms with Crippen LogP contribution in [-0.4, -0.2) is 46.4 Å². The molecule has 1 saturated heterocycles. The molecule has 0 saturated carbocycles. The molecule has 2 aliphatic heterocycles. The summed E-state index contributed by atoms with van der Waals surface area (Å²) in [4.78, 5) is 37.2. The molecule has 7 heteroatoms. The van der Waals surface area contributed by atoms with Gasteiger partial charge >= 0.3 is 5.97 Å². The predicted octanol–water partition coefficient (Wildman–Crippen LogP) is 4.85. The van der Waals surface area contributed by atoms with E-state index in [2.05, 4.69) is 22.4 Å². The lowest BCUT2D eigenvalue weighted by atomic mass is 9.98. The monoisotopic (exact) mass is 486 g/mol. The molecule has 3 aromatic rings. The molecule has 1 fully saturated rings. The zero-order chi connectivity index (χ0) is 24.9. The number of esters is 1. The molecule has 188 valence electrons. The summed E-state index contributed by atoms with van der Waals surface area (Å²) in [5.41, 5.74) is 4.14. The molecule has 0 aliphatic carbocycles. The number of hydrogen-bond donors (Lipinski definition) is 1. The van der Waals surface area contributed by atoms with E-state index in [9.17, 15) is 9.59 Å². The van der Waals surface area contributed by atoms with Gasteiger partial charge in [-0.05, 0) is 74.8 Å². The highest BCUT2D eigenvalue weighted by Gasteiger charge is 2.37. The fraction of sp³-hybridized carbons (Fsp3) is 0.448. The van der Waals surface area contributed by atoms with Crippen LogP contribution >= 0.6 is 0 Å². The number of fused-ring (bicyclic) bond motifs is 2. The van der Waals surface area contributed by atoms with Crippen LogP contribution in [0.5, 0.6) is 0 Å². The lowest BCUT2D eigenvalue weighted by molar-refractivity contribution is -0.145. The third-order valence-electron chi connectivity index (χ3n) is 7.33. The molecule has 1 amide bonds. The number of carbonyl (C=O) groups excluding carboxylic acids is 2. The molecule has 0 spiro atoms. The van der Waals surface area contributed by atoms with Crippen molar-refractivity contribution < 1.29 is 14.3 Å². The average molecular weight is 487 g/mol. The van der Waals surface area contributed by atoms with Crippen LogP contribution in [0, 0.1) is 5.92 Å². The van der Waals surface area contributed by atoms with E-state index in [4.69, 9.17) is 9.72 Å². The van der Waals surface area contributed by atoms with Gasteiger partial charge in [-0.2, -0.15) is 0 Å². The summed E-state index contributed by atoms with van der Waals surface area (Å²) in [5, 5.41) is 4.40. The molecule has 2 aliphatic rings. The first-order chi connectivity index (χ1) is 17.6. The van der Waals surface area contributed by atoms with Gasteiger partial charge in [-0.15, -0.1) is 0 Å². The Balaban J connectivity index is 1.26. The van der Waals surface area contributed by atoms with Gasteiger partial charge < -0.3 is 15.0 Å². The molecule has 2 unspecified atom stereocenters. The van der Waals surface area contributed by atoms with Crippen molar-refractivity contribution in [2.75, 3.05) is 25.0 Å². The summed E-state index contributed by atoms with van der Waals surface area (Å²) in [6.07, 6.45) is 7.57. The normalized spacial score (nSPS) is 18.1. The van der Waals surface area contributed by atoms with Crippen molar-refractivity contribution in [1.82, 2.24) is 14.9 Å². The number of pyridine rings is 2. The minimum atomic E-state index is -0.368. The summed E-state index contributed by atoms with van der Waals surface area (Å²) in [5.74, 6) is 0.822.